The van der Waals surface area contributed by atoms with E-state index in [4.69, 9.17) is 0 Å². The molecule has 0 aliphatic heterocycles. The summed E-state index contributed by atoms with van der Waals surface area (Å²) in [5, 5.41) is 0. The van der Waals surface area contributed by atoms with E-state index in [1.165, 1.54) is 0 Å². The quantitative estimate of drug-likeness (QED) is 0.683. The van der Waals surface area contributed by atoms with Crippen molar-refractivity contribution in [2.24, 2.45) is 0 Å². The Balaban J connectivity index is 4.08. The lowest BCUT2D eigenvalue weighted by Gasteiger charge is -2.19. The highest BCUT2D eigenvalue weighted by atomic mass is 32.2. The zero-order chi connectivity index (χ0) is 9.83. The smallest absolute Gasteiger partial charge is 0.215 e. The zero-order valence-corrected chi connectivity index (χ0v) is 8.87. The first-order valence-electron chi connectivity index (χ1n) is 4.10. The first-order valence-corrected chi connectivity index (χ1v) is 5.58. The van der Waals surface area contributed by atoms with Gasteiger partial charge in [0.2, 0.25) is 10.0 Å². The summed E-state index contributed by atoms with van der Waals surface area (Å²) in [6.07, 6.45) is 1.54. The third kappa shape index (κ3) is 3.54. The molecular weight excluding hydrogens is 174 g/mol. The number of hydrogen-bond acceptors (Lipinski definition) is 2. The van der Waals surface area contributed by atoms with Crippen molar-refractivity contribution in [3.05, 3.63) is 6.92 Å². The van der Waals surface area contributed by atoms with Crippen LogP contribution in [0, 0.1) is 6.92 Å². The summed E-state index contributed by atoms with van der Waals surface area (Å²) in [6.45, 7) is 9.16. The average Bonchev–Trinajstić information content (AvgIpc) is 1.85. The van der Waals surface area contributed by atoms with Crippen LogP contribution in [-0.4, -0.2) is 19.7 Å². The minimum absolute atomic E-state index is 0.489. The van der Waals surface area contributed by atoms with E-state index in [2.05, 4.69) is 11.6 Å². The van der Waals surface area contributed by atoms with Crippen molar-refractivity contribution < 1.29 is 8.42 Å². The van der Waals surface area contributed by atoms with E-state index in [9.17, 15) is 8.42 Å². The number of sulfonamides is 1. The molecule has 0 saturated carbocycles. The summed E-state index contributed by atoms with van der Waals surface area (Å²) in [4.78, 5) is 0. The standard InChI is InChI=1S/C8H18NO2S/c1-5-6-7-9-12(10,11)8(2,3)4/h9H,1,5-7H2,2-4H3. The average molecular weight is 192 g/mol. The topological polar surface area (TPSA) is 46.2 Å². The van der Waals surface area contributed by atoms with Crippen molar-refractivity contribution in [3.8, 4) is 0 Å². The minimum Gasteiger partial charge on any atom is -0.215 e. The van der Waals surface area contributed by atoms with Gasteiger partial charge in [0.1, 0.15) is 0 Å². The van der Waals surface area contributed by atoms with E-state index < -0.39 is 14.8 Å². The van der Waals surface area contributed by atoms with Crippen LogP contribution >= 0.6 is 0 Å². The Bertz CT molecular complexity index is 214. The van der Waals surface area contributed by atoms with Gasteiger partial charge in [-0.05, 0) is 27.2 Å². The van der Waals surface area contributed by atoms with Crippen LogP contribution in [0.2, 0.25) is 0 Å². The van der Waals surface area contributed by atoms with E-state index in [1.54, 1.807) is 20.8 Å². The number of nitrogens with one attached hydrogen (secondary N) is 1. The largest absolute Gasteiger partial charge is 0.216 e. The third-order valence-electron chi connectivity index (χ3n) is 1.53. The van der Waals surface area contributed by atoms with Gasteiger partial charge >= 0.3 is 0 Å². The Hall–Kier alpha value is -0.0900. The molecule has 0 aromatic heterocycles. The maximum atomic E-state index is 11.4. The molecule has 0 spiro atoms. The molecule has 0 amide bonds. The molecule has 0 atom stereocenters. The van der Waals surface area contributed by atoms with Crippen molar-refractivity contribution in [2.75, 3.05) is 6.54 Å². The van der Waals surface area contributed by atoms with Gasteiger partial charge in [-0.15, -0.1) is 0 Å². The molecule has 4 heteroatoms. The summed E-state index contributed by atoms with van der Waals surface area (Å²) < 4.78 is 24.6. The van der Waals surface area contributed by atoms with Crippen molar-refractivity contribution >= 4 is 10.0 Å². The van der Waals surface area contributed by atoms with Crippen LogP contribution in [0.1, 0.15) is 33.6 Å². The fraction of sp³-hybridized carbons (Fsp3) is 0.875. The number of rotatable bonds is 4. The Morgan fingerprint density at radius 1 is 1.33 bits per heavy atom. The van der Waals surface area contributed by atoms with E-state index >= 15 is 0 Å². The van der Waals surface area contributed by atoms with Gasteiger partial charge in [0, 0.05) is 6.54 Å². The summed E-state index contributed by atoms with van der Waals surface area (Å²) >= 11 is 0. The second-order valence-corrected chi connectivity index (χ2v) is 6.24. The van der Waals surface area contributed by atoms with E-state index in [1.807, 2.05) is 0 Å². The van der Waals surface area contributed by atoms with Crippen LogP contribution in [0.3, 0.4) is 0 Å². The molecule has 0 bridgehead atoms. The van der Waals surface area contributed by atoms with Gasteiger partial charge in [0.05, 0.1) is 4.75 Å². The molecule has 73 valence electrons. The number of hydrogen-bond donors (Lipinski definition) is 1. The molecule has 0 aliphatic carbocycles. The Morgan fingerprint density at radius 3 is 2.17 bits per heavy atom. The molecule has 0 saturated heterocycles. The summed E-state index contributed by atoms with van der Waals surface area (Å²) in [5.74, 6) is 0. The molecule has 12 heavy (non-hydrogen) atoms. The van der Waals surface area contributed by atoms with E-state index in [-0.39, 0.29) is 0 Å². The van der Waals surface area contributed by atoms with Gasteiger partial charge in [-0.2, -0.15) is 0 Å². The van der Waals surface area contributed by atoms with Gasteiger partial charge in [-0.25, -0.2) is 13.1 Å². The molecule has 0 unspecified atom stereocenters. The minimum atomic E-state index is -3.15. The van der Waals surface area contributed by atoms with Crippen molar-refractivity contribution in [1.29, 1.82) is 0 Å². The van der Waals surface area contributed by atoms with E-state index in [0.29, 0.717) is 6.54 Å². The highest BCUT2D eigenvalue weighted by Gasteiger charge is 2.27. The zero-order valence-electron chi connectivity index (χ0n) is 8.05. The summed E-state index contributed by atoms with van der Waals surface area (Å²) in [5.41, 5.74) is 0. The first-order chi connectivity index (χ1) is 5.31. The van der Waals surface area contributed by atoms with Crippen LogP contribution in [0.25, 0.3) is 0 Å². The SMILES string of the molecule is [CH2]CCCNS(=O)(=O)C(C)(C)C. The molecule has 0 fully saturated rings. The maximum Gasteiger partial charge on any atom is 0.216 e. The predicted molar refractivity (Wildman–Crippen MR) is 51.3 cm³/mol. The molecule has 3 nitrogen and oxygen atoms in total. The highest BCUT2D eigenvalue weighted by Crippen LogP contribution is 2.12. The summed E-state index contributed by atoms with van der Waals surface area (Å²) in [7, 11) is -3.15. The fourth-order valence-electron chi connectivity index (χ4n) is 0.548. The van der Waals surface area contributed by atoms with Crippen molar-refractivity contribution in [3.63, 3.8) is 0 Å². The molecule has 0 rings (SSSR count). The highest BCUT2D eigenvalue weighted by molar-refractivity contribution is 7.90. The third-order valence-corrected chi connectivity index (χ3v) is 3.72. The van der Waals surface area contributed by atoms with Gasteiger partial charge in [0.25, 0.3) is 0 Å². The van der Waals surface area contributed by atoms with Crippen LogP contribution in [-0.2, 0) is 10.0 Å². The molecule has 0 aliphatic rings. The monoisotopic (exact) mass is 192 g/mol. The van der Waals surface area contributed by atoms with Crippen LogP contribution in [0.15, 0.2) is 0 Å². The molecule has 1 radical (unpaired) electrons. The van der Waals surface area contributed by atoms with Gasteiger partial charge in [0.15, 0.2) is 0 Å². The van der Waals surface area contributed by atoms with Gasteiger partial charge < -0.3 is 0 Å². The lowest BCUT2D eigenvalue weighted by atomic mass is 10.3. The van der Waals surface area contributed by atoms with E-state index in [0.717, 1.165) is 12.8 Å². The van der Waals surface area contributed by atoms with Crippen LogP contribution in [0.4, 0.5) is 0 Å². The number of unbranched alkanes of at least 4 members (excludes halogenated alkanes) is 1. The predicted octanol–water partition coefficient (Wildman–Crippen LogP) is 1.32. The molecule has 0 aromatic carbocycles. The second kappa shape index (κ2) is 4.23. The van der Waals surface area contributed by atoms with Crippen molar-refractivity contribution in [2.45, 2.75) is 38.4 Å². The van der Waals surface area contributed by atoms with Gasteiger partial charge in [-0.1, -0.05) is 13.3 Å². The van der Waals surface area contributed by atoms with Crippen LogP contribution < -0.4 is 4.72 Å². The summed E-state index contributed by atoms with van der Waals surface area (Å²) in [6, 6.07) is 0. The maximum absolute atomic E-state index is 11.4. The Labute approximate surface area is 75.6 Å². The molecular formula is C8H18NO2S. The second-order valence-electron chi connectivity index (χ2n) is 3.72. The Morgan fingerprint density at radius 2 is 1.83 bits per heavy atom. The molecule has 1 N–H and O–H groups in total. The van der Waals surface area contributed by atoms with Crippen molar-refractivity contribution in [1.82, 2.24) is 4.72 Å². The molecule has 0 heterocycles. The Kier molecular flexibility index (Phi) is 4.20. The lowest BCUT2D eigenvalue weighted by Crippen LogP contribution is -2.39. The lowest BCUT2D eigenvalue weighted by molar-refractivity contribution is 0.543. The van der Waals surface area contributed by atoms with Crippen LogP contribution in [0.5, 0.6) is 0 Å². The molecule has 0 aromatic rings. The normalized spacial score (nSPS) is 13.3. The van der Waals surface area contributed by atoms with Gasteiger partial charge in [-0.3, -0.25) is 0 Å². The first kappa shape index (κ1) is 11.9. The fourth-order valence-corrected chi connectivity index (χ4v) is 1.39.